The Morgan fingerprint density at radius 3 is 1.48 bits per heavy atom. The molecule has 0 fully saturated rings. The van der Waals surface area contributed by atoms with Crippen molar-refractivity contribution < 1.29 is 0 Å². The maximum atomic E-state index is 5.53. The Labute approximate surface area is 354 Å². The zero-order valence-electron chi connectivity index (χ0n) is 33.1. The van der Waals surface area contributed by atoms with E-state index >= 15 is 0 Å². The van der Waals surface area contributed by atoms with Gasteiger partial charge in [0.05, 0.1) is 16.9 Å². The number of fused-ring (bicyclic) bond motifs is 5. The van der Waals surface area contributed by atoms with Gasteiger partial charge in [0.15, 0.2) is 17.5 Å². The number of aromatic nitrogens is 4. The van der Waals surface area contributed by atoms with Crippen molar-refractivity contribution in [2.24, 2.45) is 0 Å². The Kier molecular flexibility index (Phi) is 9.10. The van der Waals surface area contributed by atoms with E-state index in [1.807, 2.05) is 36.4 Å². The van der Waals surface area contributed by atoms with Crippen molar-refractivity contribution in [3.8, 4) is 56.5 Å². The van der Waals surface area contributed by atoms with Gasteiger partial charge in [0.2, 0.25) is 0 Å². The van der Waals surface area contributed by atoms with Crippen molar-refractivity contribution in [2.45, 2.75) is 0 Å². The van der Waals surface area contributed by atoms with Crippen LogP contribution < -0.4 is 4.90 Å². The lowest BCUT2D eigenvalue weighted by Crippen LogP contribution is -2.11. The molecule has 5 nitrogen and oxygen atoms in total. The molecular formula is C56H37N5. The number of nitrogens with zero attached hydrogens (tertiary/aromatic N) is 5. The van der Waals surface area contributed by atoms with Crippen LogP contribution in [0.5, 0.6) is 0 Å². The molecular weight excluding hydrogens is 743 g/mol. The van der Waals surface area contributed by atoms with Crippen LogP contribution in [-0.4, -0.2) is 19.9 Å². The summed E-state index contributed by atoms with van der Waals surface area (Å²) in [6.07, 6.45) is 0. The highest BCUT2D eigenvalue weighted by molar-refractivity contribution is 6.23. The van der Waals surface area contributed by atoms with Gasteiger partial charge in [-0.15, -0.1) is 0 Å². The van der Waals surface area contributed by atoms with E-state index in [-0.39, 0.29) is 0 Å². The summed E-state index contributed by atoms with van der Waals surface area (Å²) in [6.45, 7) is 0. The first kappa shape index (κ1) is 35.8. The summed E-state index contributed by atoms with van der Waals surface area (Å²) in [6, 6.07) is 78.1. The van der Waals surface area contributed by atoms with Gasteiger partial charge >= 0.3 is 0 Å². The summed E-state index contributed by atoms with van der Waals surface area (Å²) >= 11 is 0. The molecule has 11 aromatic rings. The number of anilines is 3. The molecule has 0 atom stereocenters. The van der Waals surface area contributed by atoms with E-state index in [4.69, 9.17) is 19.9 Å². The molecule has 0 spiro atoms. The topological polar surface area (TPSA) is 54.8 Å². The molecule has 5 heteroatoms. The first-order chi connectivity index (χ1) is 30.2. The number of benzene rings is 9. The molecule has 286 valence electrons. The maximum Gasteiger partial charge on any atom is 0.164 e. The van der Waals surface area contributed by atoms with Crippen molar-refractivity contribution in [2.75, 3.05) is 4.90 Å². The van der Waals surface area contributed by atoms with Crippen molar-refractivity contribution in [1.29, 1.82) is 0 Å². The molecule has 0 unspecified atom stereocenters. The minimum absolute atomic E-state index is 0.599. The third-order valence-corrected chi connectivity index (χ3v) is 11.3. The Morgan fingerprint density at radius 2 is 0.803 bits per heavy atom. The summed E-state index contributed by atoms with van der Waals surface area (Å²) in [5, 5.41) is 5.55. The fraction of sp³-hybridized carbons (Fsp3) is 0. The van der Waals surface area contributed by atoms with Crippen LogP contribution in [0.4, 0.5) is 17.1 Å². The Morgan fingerprint density at radius 1 is 0.311 bits per heavy atom. The monoisotopic (exact) mass is 779 g/mol. The molecule has 11 rings (SSSR count). The zero-order valence-corrected chi connectivity index (χ0v) is 33.1. The van der Waals surface area contributed by atoms with Crippen molar-refractivity contribution in [3.05, 3.63) is 224 Å². The Bertz CT molecular complexity index is 3300. The third-order valence-electron chi connectivity index (χ3n) is 11.3. The van der Waals surface area contributed by atoms with Crippen LogP contribution in [0.2, 0.25) is 0 Å². The summed E-state index contributed by atoms with van der Waals surface area (Å²) < 4.78 is 0. The molecule has 2 heterocycles. The largest absolute Gasteiger partial charge is 0.310 e. The Balaban J connectivity index is 1.11. The van der Waals surface area contributed by atoms with E-state index in [1.165, 1.54) is 0 Å². The zero-order chi connectivity index (χ0) is 40.5. The van der Waals surface area contributed by atoms with Crippen LogP contribution in [0, 0.1) is 0 Å². The average Bonchev–Trinajstić information content (AvgIpc) is 3.35. The Hall–Kier alpha value is -8.28. The minimum atomic E-state index is 0.599. The number of hydrogen-bond acceptors (Lipinski definition) is 5. The van der Waals surface area contributed by atoms with Crippen molar-refractivity contribution in [1.82, 2.24) is 19.9 Å². The minimum Gasteiger partial charge on any atom is -0.310 e. The smallest absolute Gasteiger partial charge is 0.164 e. The summed E-state index contributed by atoms with van der Waals surface area (Å²) in [7, 11) is 0. The quantitative estimate of drug-likeness (QED) is 0.144. The van der Waals surface area contributed by atoms with E-state index in [1.54, 1.807) is 0 Å². The molecule has 0 radical (unpaired) electrons. The standard InChI is InChI=1S/C56H37N5/c1-5-17-38(18-6-1)39-29-31-42(32-30-39)55-58-54(41-20-7-2-8-21-41)59-56(60-55)43-34-36-50-49(37-43)52-46-26-14-13-19-40(46)33-35-48(52)53(57-50)47-27-15-16-28-51(47)61(44-22-9-3-10-23-44)45-24-11-4-12-25-45/h1-37H. The van der Waals surface area contributed by atoms with E-state index in [0.717, 1.165) is 88.6 Å². The maximum absolute atomic E-state index is 5.53. The van der Waals surface area contributed by atoms with E-state index < -0.39 is 0 Å². The van der Waals surface area contributed by atoms with Gasteiger partial charge in [0.1, 0.15) is 0 Å². The van der Waals surface area contributed by atoms with Gasteiger partial charge in [-0.3, -0.25) is 0 Å². The lowest BCUT2D eigenvalue weighted by molar-refractivity contribution is 1.07. The lowest BCUT2D eigenvalue weighted by atomic mass is 9.93. The predicted octanol–water partition coefficient (Wildman–Crippen LogP) is 14.5. The highest BCUT2D eigenvalue weighted by Crippen LogP contribution is 2.44. The predicted molar refractivity (Wildman–Crippen MR) is 252 cm³/mol. The van der Waals surface area contributed by atoms with Gasteiger partial charge in [0, 0.05) is 49.8 Å². The molecule has 9 aromatic carbocycles. The van der Waals surface area contributed by atoms with E-state index in [9.17, 15) is 0 Å². The van der Waals surface area contributed by atoms with E-state index in [0.29, 0.717) is 17.5 Å². The lowest BCUT2D eigenvalue weighted by Gasteiger charge is -2.28. The molecule has 0 aliphatic heterocycles. The molecule has 0 aliphatic rings. The molecule has 0 saturated carbocycles. The second-order valence-corrected chi connectivity index (χ2v) is 15.0. The van der Waals surface area contributed by atoms with Crippen LogP contribution in [0.25, 0.3) is 89.0 Å². The molecule has 0 amide bonds. The van der Waals surface area contributed by atoms with Gasteiger partial charge in [0.25, 0.3) is 0 Å². The third kappa shape index (κ3) is 6.74. The van der Waals surface area contributed by atoms with E-state index in [2.05, 4.69) is 193 Å². The number of hydrogen-bond donors (Lipinski definition) is 0. The fourth-order valence-electron chi connectivity index (χ4n) is 8.36. The molecule has 61 heavy (non-hydrogen) atoms. The van der Waals surface area contributed by atoms with Gasteiger partial charge in [-0.05, 0) is 70.4 Å². The number of para-hydroxylation sites is 3. The average molecular weight is 780 g/mol. The van der Waals surface area contributed by atoms with Crippen LogP contribution in [0.15, 0.2) is 224 Å². The normalized spacial score (nSPS) is 11.3. The molecule has 0 N–H and O–H groups in total. The summed E-state index contributed by atoms with van der Waals surface area (Å²) in [5.74, 6) is 1.84. The van der Waals surface area contributed by atoms with Crippen LogP contribution in [0.3, 0.4) is 0 Å². The number of rotatable bonds is 8. The first-order valence-corrected chi connectivity index (χ1v) is 20.5. The van der Waals surface area contributed by atoms with Crippen LogP contribution in [0.1, 0.15) is 0 Å². The molecule has 0 aliphatic carbocycles. The van der Waals surface area contributed by atoms with Crippen LogP contribution in [-0.2, 0) is 0 Å². The highest BCUT2D eigenvalue weighted by atomic mass is 15.1. The van der Waals surface area contributed by atoms with Crippen molar-refractivity contribution >= 4 is 49.5 Å². The molecule has 0 saturated heterocycles. The molecule has 0 bridgehead atoms. The highest BCUT2D eigenvalue weighted by Gasteiger charge is 2.21. The number of pyridine rings is 1. The van der Waals surface area contributed by atoms with Gasteiger partial charge in [-0.1, -0.05) is 176 Å². The second kappa shape index (κ2) is 15.5. The van der Waals surface area contributed by atoms with Gasteiger partial charge in [-0.25, -0.2) is 19.9 Å². The second-order valence-electron chi connectivity index (χ2n) is 15.0. The summed E-state index contributed by atoms with van der Waals surface area (Å²) in [4.78, 5) is 23.1. The van der Waals surface area contributed by atoms with Crippen LogP contribution >= 0.6 is 0 Å². The van der Waals surface area contributed by atoms with Gasteiger partial charge in [-0.2, -0.15) is 0 Å². The SMILES string of the molecule is c1ccc(-c2ccc(-c3nc(-c4ccccc4)nc(-c4ccc5nc(-c6ccccc6N(c6ccccc6)c6ccccc6)c6ccc7ccccc7c6c5c4)n3)cc2)cc1. The molecule has 2 aromatic heterocycles. The summed E-state index contributed by atoms with van der Waals surface area (Å²) in [5.41, 5.74) is 11.1. The first-order valence-electron chi connectivity index (χ1n) is 20.5. The van der Waals surface area contributed by atoms with Gasteiger partial charge < -0.3 is 4.90 Å². The fourth-order valence-corrected chi connectivity index (χ4v) is 8.36. The van der Waals surface area contributed by atoms with Crippen molar-refractivity contribution in [3.63, 3.8) is 0 Å².